The summed E-state index contributed by atoms with van der Waals surface area (Å²) in [6.07, 6.45) is 12.2. The van der Waals surface area contributed by atoms with E-state index < -0.39 is 0 Å². The van der Waals surface area contributed by atoms with Gasteiger partial charge in [0.25, 0.3) is 0 Å². The van der Waals surface area contributed by atoms with Crippen LogP contribution in [0.25, 0.3) is 0 Å². The Morgan fingerprint density at radius 1 is 0.929 bits per heavy atom. The van der Waals surface area contributed by atoms with Gasteiger partial charge in [-0.15, -0.1) is 0 Å². The van der Waals surface area contributed by atoms with Crippen LogP contribution in [-0.2, 0) is 0 Å². The Bertz CT molecular complexity index is 107. The fourth-order valence-corrected chi connectivity index (χ4v) is 2.08. The molecule has 0 aliphatic rings. The van der Waals surface area contributed by atoms with Crippen LogP contribution in [0.3, 0.4) is 0 Å². The van der Waals surface area contributed by atoms with E-state index in [2.05, 4.69) is 34.1 Å². The molecular weight excluding hydrogens is 168 g/mol. The molecule has 0 N–H and O–H groups in total. The average molecular weight is 197 g/mol. The molecule has 0 saturated heterocycles. The molecule has 0 aromatic rings. The zero-order valence-corrected chi connectivity index (χ0v) is 10.7. The van der Waals surface area contributed by atoms with Crippen LogP contribution < -0.4 is 0 Å². The van der Waals surface area contributed by atoms with Gasteiger partial charge in [-0.3, -0.25) is 0 Å². The van der Waals surface area contributed by atoms with Crippen LogP contribution in [-0.4, -0.2) is 0 Å². The van der Waals surface area contributed by atoms with Gasteiger partial charge in [0, 0.05) is 0 Å². The van der Waals surface area contributed by atoms with Crippen molar-refractivity contribution in [1.82, 2.24) is 0 Å². The predicted octanol–water partition coefficient (Wildman–Crippen LogP) is 5.23. The lowest BCUT2D eigenvalue weighted by molar-refractivity contribution is 0.438. The first-order valence-electron chi connectivity index (χ1n) is 6.59. The summed E-state index contributed by atoms with van der Waals surface area (Å²) >= 11 is 0. The minimum Gasteiger partial charge on any atom is -0.0654 e. The van der Waals surface area contributed by atoms with E-state index in [4.69, 9.17) is 0 Å². The van der Waals surface area contributed by atoms with Crippen LogP contribution >= 0.6 is 0 Å². The van der Waals surface area contributed by atoms with Crippen LogP contribution in [0.5, 0.6) is 0 Å². The van der Waals surface area contributed by atoms with E-state index in [-0.39, 0.29) is 0 Å². The summed E-state index contributed by atoms with van der Waals surface area (Å²) in [5.74, 6) is 1.70. The lowest BCUT2D eigenvalue weighted by atomic mass is 9.87. The Hall–Kier alpha value is 0. The second kappa shape index (κ2) is 9.55. The van der Waals surface area contributed by atoms with Crippen molar-refractivity contribution < 1.29 is 0 Å². The first-order chi connectivity index (χ1) is 6.74. The highest BCUT2D eigenvalue weighted by atomic mass is 14.2. The third-order valence-electron chi connectivity index (χ3n) is 3.05. The van der Waals surface area contributed by atoms with Gasteiger partial charge in [-0.2, -0.15) is 0 Å². The molecule has 0 aromatic heterocycles. The van der Waals surface area contributed by atoms with Crippen LogP contribution in [0.2, 0.25) is 0 Å². The van der Waals surface area contributed by atoms with Crippen molar-refractivity contribution in [2.24, 2.45) is 11.8 Å². The molecule has 14 heavy (non-hydrogen) atoms. The monoisotopic (exact) mass is 197 g/mol. The maximum atomic E-state index is 2.60. The van der Waals surface area contributed by atoms with Gasteiger partial charge in [0.2, 0.25) is 0 Å². The van der Waals surface area contributed by atoms with Gasteiger partial charge >= 0.3 is 0 Å². The molecule has 0 spiro atoms. The highest BCUT2D eigenvalue weighted by molar-refractivity contribution is 4.80. The van der Waals surface area contributed by atoms with E-state index in [1.807, 2.05) is 0 Å². The Labute approximate surface area is 91.5 Å². The molecule has 0 nitrogen and oxygen atoms in total. The number of hydrogen-bond acceptors (Lipinski definition) is 0. The van der Waals surface area contributed by atoms with E-state index in [0.717, 1.165) is 11.8 Å². The third kappa shape index (κ3) is 7.41. The molecular formula is C14H29. The lowest BCUT2D eigenvalue weighted by Crippen LogP contribution is -2.06. The molecule has 0 bridgehead atoms. The fourth-order valence-electron chi connectivity index (χ4n) is 2.08. The Morgan fingerprint density at radius 3 is 2.14 bits per heavy atom. The van der Waals surface area contributed by atoms with Crippen LogP contribution in [0.4, 0.5) is 0 Å². The second-order valence-corrected chi connectivity index (χ2v) is 4.62. The highest BCUT2D eigenvalue weighted by Gasteiger charge is 2.10. The molecule has 0 rings (SSSR count). The van der Waals surface area contributed by atoms with Crippen molar-refractivity contribution in [3.63, 3.8) is 0 Å². The molecule has 0 fully saturated rings. The van der Waals surface area contributed by atoms with E-state index in [1.165, 1.54) is 44.9 Å². The molecule has 0 aliphatic heterocycles. The summed E-state index contributed by atoms with van der Waals surface area (Å²) in [7, 11) is 0. The summed E-state index contributed by atoms with van der Waals surface area (Å²) < 4.78 is 0. The largest absolute Gasteiger partial charge is 0.0654 e. The van der Waals surface area contributed by atoms with Crippen molar-refractivity contribution >= 4 is 0 Å². The summed E-state index contributed by atoms with van der Waals surface area (Å²) in [6, 6.07) is 0. The van der Waals surface area contributed by atoms with Gasteiger partial charge in [-0.1, -0.05) is 72.6 Å². The molecule has 1 radical (unpaired) electrons. The Balaban J connectivity index is 3.51. The van der Waals surface area contributed by atoms with Gasteiger partial charge in [0.1, 0.15) is 0 Å². The van der Waals surface area contributed by atoms with Gasteiger partial charge in [0.05, 0.1) is 0 Å². The molecule has 0 aromatic carbocycles. The molecule has 0 heteroatoms. The topological polar surface area (TPSA) is 0 Å². The summed E-state index contributed by atoms with van der Waals surface area (Å²) in [6.45, 7) is 9.27. The van der Waals surface area contributed by atoms with Crippen LogP contribution in [0, 0.1) is 18.3 Å². The van der Waals surface area contributed by atoms with E-state index in [0.29, 0.717) is 0 Å². The van der Waals surface area contributed by atoms with Crippen molar-refractivity contribution in [2.45, 2.75) is 72.6 Å². The quantitative estimate of drug-likeness (QED) is 0.444. The number of hydrogen-bond donors (Lipinski definition) is 0. The number of unbranched alkanes of at least 4 members (excludes halogenated alkanes) is 2. The second-order valence-electron chi connectivity index (χ2n) is 4.62. The van der Waals surface area contributed by atoms with Gasteiger partial charge < -0.3 is 0 Å². The van der Waals surface area contributed by atoms with Crippen molar-refractivity contribution in [1.29, 1.82) is 0 Å². The SMILES string of the molecule is CCCCCC(C)[CH]C(CC)CCC. The highest BCUT2D eigenvalue weighted by Crippen LogP contribution is 2.22. The van der Waals surface area contributed by atoms with Crippen LogP contribution in [0.1, 0.15) is 72.6 Å². The Morgan fingerprint density at radius 2 is 1.64 bits per heavy atom. The summed E-state index contributed by atoms with van der Waals surface area (Å²) in [5, 5.41) is 0. The zero-order valence-electron chi connectivity index (χ0n) is 10.7. The standard InChI is InChI=1S/C14H29/c1-5-8-9-11-13(4)12-14(7-3)10-6-2/h12-14H,5-11H2,1-4H3. The molecule has 0 heterocycles. The zero-order chi connectivity index (χ0) is 10.8. The van der Waals surface area contributed by atoms with Crippen LogP contribution in [0.15, 0.2) is 0 Å². The van der Waals surface area contributed by atoms with Crippen molar-refractivity contribution in [3.8, 4) is 0 Å². The average Bonchev–Trinajstić information content (AvgIpc) is 2.17. The minimum atomic E-state index is 0.832. The molecule has 85 valence electrons. The van der Waals surface area contributed by atoms with E-state index in [9.17, 15) is 0 Å². The van der Waals surface area contributed by atoms with Gasteiger partial charge in [-0.25, -0.2) is 0 Å². The van der Waals surface area contributed by atoms with Gasteiger partial charge in [-0.05, 0) is 18.3 Å². The lowest BCUT2D eigenvalue weighted by Gasteiger charge is -2.18. The molecule has 0 amide bonds. The molecule has 2 atom stereocenters. The first-order valence-corrected chi connectivity index (χ1v) is 6.59. The minimum absolute atomic E-state index is 0.832. The Kier molecular flexibility index (Phi) is 9.55. The van der Waals surface area contributed by atoms with E-state index in [1.54, 1.807) is 0 Å². The molecule has 0 aliphatic carbocycles. The normalized spacial score (nSPS) is 15.4. The maximum absolute atomic E-state index is 2.60. The van der Waals surface area contributed by atoms with E-state index >= 15 is 0 Å². The molecule has 2 unspecified atom stereocenters. The first kappa shape index (κ1) is 14.0. The predicted molar refractivity (Wildman–Crippen MR) is 66.3 cm³/mol. The molecule has 0 saturated carbocycles. The number of rotatable bonds is 9. The van der Waals surface area contributed by atoms with Crippen molar-refractivity contribution in [2.75, 3.05) is 0 Å². The van der Waals surface area contributed by atoms with Crippen molar-refractivity contribution in [3.05, 3.63) is 6.42 Å². The maximum Gasteiger partial charge on any atom is -0.0327 e. The summed E-state index contributed by atoms with van der Waals surface area (Å²) in [4.78, 5) is 0. The summed E-state index contributed by atoms with van der Waals surface area (Å²) in [5.41, 5.74) is 0. The smallest absolute Gasteiger partial charge is 0.0327 e. The third-order valence-corrected chi connectivity index (χ3v) is 3.05. The van der Waals surface area contributed by atoms with Gasteiger partial charge in [0.15, 0.2) is 0 Å². The fraction of sp³-hybridized carbons (Fsp3) is 0.929.